The number of hydrogen-bond donors (Lipinski definition) is 1. The number of likely N-dealkylation sites (N-methyl/N-ethyl adjacent to an activating group) is 1. The molecular formula is C14H27N3O. The Morgan fingerprint density at radius 2 is 2.00 bits per heavy atom. The van der Waals surface area contributed by atoms with Gasteiger partial charge in [0, 0.05) is 25.2 Å². The van der Waals surface area contributed by atoms with E-state index in [0.717, 1.165) is 25.9 Å². The van der Waals surface area contributed by atoms with Crippen LogP contribution in [0.2, 0.25) is 0 Å². The van der Waals surface area contributed by atoms with Crippen LogP contribution >= 0.6 is 0 Å². The predicted octanol–water partition coefficient (Wildman–Crippen LogP) is 1.07. The molecule has 2 saturated heterocycles. The van der Waals surface area contributed by atoms with Gasteiger partial charge in [-0.3, -0.25) is 4.79 Å². The molecule has 104 valence electrons. The van der Waals surface area contributed by atoms with Gasteiger partial charge in [-0.25, -0.2) is 0 Å². The van der Waals surface area contributed by atoms with Crippen molar-refractivity contribution in [3.8, 4) is 0 Å². The van der Waals surface area contributed by atoms with E-state index in [0.29, 0.717) is 18.0 Å². The highest BCUT2D eigenvalue weighted by atomic mass is 16.2. The molecule has 2 rings (SSSR count). The summed E-state index contributed by atoms with van der Waals surface area (Å²) in [5, 5.41) is 3.45. The molecule has 3 unspecified atom stereocenters. The first-order valence-electron chi connectivity index (χ1n) is 7.29. The average Bonchev–Trinajstić information content (AvgIpc) is 2.38. The molecule has 3 atom stereocenters. The first-order chi connectivity index (χ1) is 8.58. The Kier molecular flexibility index (Phi) is 4.62. The molecule has 0 aromatic heterocycles. The lowest BCUT2D eigenvalue weighted by Gasteiger charge is -2.39. The minimum Gasteiger partial charge on any atom is -0.340 e. The maximum atomic E-state index is 12.5. The number of nitrogens with one attached hydrogen (secondary N) is 1. The van der Waals surface area contributed by atoms with Gasteiger partial charge in [0.25, 0.3) is 0 Å². The van der Waals surface area contributed by atoms with Gasteiger partial charge in [0.15, 0.2) is 0 Å². The molecule has 0 aromatic rings. The van der Waals surface area contributed by atoms with Crippen molar-refractivity contribution in [3.63, 3.8) is 0 Å². The third-order valence-electron chi connectivity index (χ3n) is 4.35. The molecule has 2 aliphatic rings. The molecular weight excluding hydrogens is 226 g/mol. The Balaban J connectivity index is 1.91. The van der Waals surface area contributed by atoms with Crippen molar-refractivity contribution in [2.24, 2.45) is 0 Å². The molecule has 1 amide bonds. The molecule has 18 heavy (non-hydrogen) atoms. The van der Waals surface area contributed by atoms with E-state index in [1.54, 1.807) is 0 Å². The predicted molar refractivity (Wildman–Crippen MR) is 73.5 cm³/mol. The fourth-order valence-corrected chi connectivity index (χ4v) is 3.13. The maximum Gasteiger partial charge on any atom is 0.239 e. The van der Waals surface area contributed by atoms with Crippen molar-refractivity contribution < 1.29 is 4.79 Å². The van der Waals surface area contributed by atoms with Gasteiger partial charge in [-0.1, -0.05) is 0 Å². The van der Waals surface area contributed by atoms with Crippen LogP contribution in [0.5, 0.6) is 0 Å². The minimum atomic E-state index is 0.0645. The van der Waals surface area contributed by atoms with Gasteiger partial charge in [0.2, 0.25) is 5.91 Å². The monoisotopic (exact) mass is 253 g/mol. The average molecular weight is 253 g/mol. The third-order valence-corrected chi connectivity index (χ3v) is 4.35. The van der Waals surface area contributed by atoms with E-state index in [2.05, 4.69) is 36.1 Å². The number of amides is 1. The van der Waals surface area contributed by atoms with Crippen LogP contribution in [0.25, 0.3) is 0 Å². The number of carbonyl (C=O) groups excluding carboxylic acids is 1. The fraction of sp³-hybridized carbons (Fsp3) is 0.929. The van der Waals surface area contributed by atoms with Crippen LogP contribution in [0.4, 0.5) is 0 Å². The molecule has 0 aromatic carbocycles. The number of rotatable bonds is 2. The van der Waals surface area contributed by atoms with E-state index in [4.69, 9.17) is 0 Å². The third kappa shape index (κ3) is 3.23. The second kappa shape index (κ2) is 6.02. The normalized spacial score (nSPS) is 33.8. The molecule has 0 saturated carbocycles. The van der Waals surface area contributed by atoms with E-state index in [1.807, 2.05) is 0 Å². The number of piperidine rings is 2. The van der Waals surface area contributed by atoms with Crippen LogP contribution in [-0.4, -0.2) is 61.0 Å². The second-order valence-electron chi connectivity index (χ2n) is 6.10. The highest BCUT2D eigenvalue weighted by molar-refractivity contribution is 5.82. The summed E-state index contributed by atoms with van der Waals surface area (Å²) in [5.74, 6) is 0.327. The van der Waals surface area contributed by atoms with Crippen molar-refractivity contribution in [1.29, 1.82) is 0 Å². The largest absolute Gasteiger partial charge is 0.340 e. The molecule has 0 radical (unpaired) electrons. The minimum absolute atomic E-state index is 0.0645. The van der Waals surface area contributed by atoms with Crippen LogP contribution in [0, 0.1) is 0 Å². The van der Waals surface area contributed by atoms with Crippen LogP contribution in [-0.2, 0) is 4.79 Å². The molecule has 0 spiro atoms. The van der Waals surface area contributed by atoms with Crippen LogP contribution in [0.1, 0.15) is 39.0 Å². The van der Waals surface area contributed by atoms with Crippen molar-refractivity contribution in [2.45, 2.75) is 57.2 Å². The van der Waals surface area contributed by atoms with Crippen LogP contribution < -0.4 is 5.32 Å². The van der Waals surface area contributed by atoms with E-state index in [-0.39, 0.29) is 6.04 Å². The molecule has 2 heterocycles. The molecule has 0 aliphatic carbocycles. The summed E-state index contributed by atoms with van der Waals surface area (Å²) in [5.41, 5.74) is 0. The summed E-state index contributed by atoms with van der Waals surface area (Å²) in [6, 6.07) is 1.08. The molecule has 1 N–H and O–H groups in total. The highest BCUT2D eigenvalue weighted by Gasteiger charge is 2.31. The zero-order valence-corrected chi connectivity index (χ0v) is 12.0. The van der Waals surface area contributed by atoms with E-state index in [1.165, 1.54) is 19.3 Å². The molecule has 2 aliphatic heterocycles. The smallest absolute Gasteiger partial charge is 0.239 e. The Bertz CT molecular complexity index is 293. The summed E-state index contributed by atoms with van der Waals surface area (Å²) in [4.78, 5) is 16.8. The van der Waals surface area contributed by atoms with Gasteiger partial charge >= 0.3 is 0 Å². The summed E-state index contributed by atoms with van der Waals surface area (Å²) in [7, 11) is 4.22. The summed E-state index contributed by atoms with van der Waals surface area (Å²) < 4.78 is 0. The lowest BCUT2D eigenvalue weighted by Crippen LogP contribution is -2.55. The SMILES string of the molecule is CC1CCCC(C(=O)N2CCCC(N(C)C)C2)N1. The fourth-order valence-electron chi connectivity index (χ4n) is 3.13. The van der Waals surface area contributed by atoms with Gasteiger partial charge in [-0.2, -0.15) is 0 Å². The summed E-state index contributed by atoms with van der Waals surface area (Å²) in [6.07, 6.45) is 5.73. The molecule has 0 bridgehead atoms. The Hall–Kier alpha value is -0.610. The number of likely N-dealkylation sites (tertiary alicyclic amines) is 1. The second-order valence-corrected chi connectivity index (χ2v) is 6.10. The lowest BCUT2D eigenvalue weighted by molar-refractivity contribution is -0.136. The maximum absolute atomic E-state index is 12.5. The number of carbonyl (C=O) groups is 1. The van der Waals surface area contributed by atoms with Crippen molar-refractivity contribution >= 4 is 5.91 Å². The van der Waals surface area contributed by atoms with Crippen molar-refractivity contribution in [2.75, 3.05) is 27.2 Å². The van der Waals surface area contributed by atoms with E-state index >= 15 is 0 Å². The van der Waals surface area contributed by atoms with Crippen LogP contribution in [0.15, 0.2) is 0 Å². The first kappa shape index (κ1) is 13.8. The zero-order valence-electron chi connectivity index (χ0n) is 12.0. The number of hydrogen-bond acceptors (Lipinski definition) is 3. The van der Waals surface area contributed by atoms with Gasteiger partial charge < -0.3 is 15.1 Å². The molecule has 4 nitrogen and oxygen atoms in total. The van der Waals surface area contributed by atoms with Gasteiger partial charge in [-0.05, 0) is 53.1 Å². The molecule has 2 fully saturated rings. The van der Waals surface area contributed by atoms with Crippen molar-refractivity contribution in [3.05, 3.63) is 0 Å². The van der Waals surface area contributed by atoms with E-state index < -0.39 is 0 Å². The molecule has 4 heteroatoms. The Labute approximate surface area is 111 Å². The van der Waals surface area contributed by atoms with Crippen molar-refractivity contribution in [1.82, 2.24) is 15.1 Å². The zero-order chi connectivity index (χ0) is 13.1. The van der Waals surface area contributed by atoms with Gasteiger partial charge in [-0.15, -0.1) is 0 Å². The number of nitrogens with zero attached hydrogens (tertiary/aromatic N) is 2. The first-order valence-corrected chi connectivity index (χ1v) is 7.29. The Morgan fingerprint density at radius 3 is 2.67 bits per heavy atom. The Morgan fingerprint density at radius 1 is 1.22 bits per heavy atom. The quantitative estimate of drug-likeness (QED) is 0.799. The lowest BCUT2D eigenvalue weighted by atomic mass is 9.97. The topological polar surface area (TPSA) is 35.6 Å². The summed E-state index contributed by atoms with van der Waals surface area (Å²) in [6.45, 7) is 4.02. The van der Waals surface area contributed by atoms with Gasteiger partial charge in [0.05, 0.1) is 6.04 Å². The highest BCUT2D eigenvalue weighted by Crippen LogP contribution is 2.18. The standard InChI is InChI=1S/C14H27N3O/c1-11-6-4-8-13(15-11)14(18)17-9-5-7-12(10-17)16(2)3/h11-13,15H,4-10H2,1-3H3. The van der Waals surface area contributed by atoms with Crippen LogP contribution in [0.3, 0.4) is 0 Å². The van der Waals surface area contributed by atoms with Gasteiger partial charge in [0.1, 0.15) is 0 Å². The summed E-state index contributed by atoms with van der Waals surface area (Å²) >= 11 is 0. The van der Waals surface area contributed by atoms with E-state index in [9.17, 15) is 4.79 Å².